The predicted octanol–water partition coefficient (Wildman–Crippen LogP) is 0.426. The van der Waals surface area contributed by atoms with Gasteiger partial charge in [0.25, 0.3) is 0 Å². The summed E-state index contributed by atoms with van der Waals surface area (Å²) in [4.78, 5) is 22.5. The molecule has 0 spiro atoms. The molecule has 0 bridgehead atoms. The molecule has 0 radical (unpaired) electrons. The minimum atomic E-state index is -0.512. The summed E-state index contributed by atoms with van der Waals surface area (Å²) in [7, 11) is 0. The van der Waals surface area contributed by atoms with Crippen molar-refractivity contribution >= 4 is 11.8 Å². The average Bonchev–Trinajstić information content (AvgIpc) is 2.26. The molecule has 5 nitrogen and oxygen atoms in total. The van der Waals surface area contributed by atoms with Crippen molar-refractivity contribution in [2.24, 2.45) is 5.92 Å². The highest BCUT2D eigenvalue weighted by atomic mass is 16.3. The molecule has 1 atom stereocenters. The summed E-state index contributed by atoms with van der Waals surface area (Å²) in [5, 5.41) is 14.8. The fourth-order valence-electron chi connectivity index (χ4n) is 1.24. The SMILES string of the molecule is CCNC(=O)CCCC(=O)NCC(O)C(C)C. The molecule has 2 amide bonds. The molecule has 100 valence electrons. The number of amides is 2. The van der Waals surface area contributed by atoms with Gasteiger partial charge in [-0.25, -0.2) is 0 Å². The van der Waals surface area contributed by atoms with Gasteiger partial charge in [-0.05, 0) is 19.3 Å². The summed E-state index contributed by atoms with van der Waals surface area (Å²) in [5.74, 6) is -0.0119. The maximum Gasteiger partial charge on any atom is 0.220 e. The Kier molecular flexibility index (Phi) is 8.40. The van der Waals surface area contributed by atoms with Crippen molar-refractivity contribution in [2.45, 2.75) is 46.1 Å². The van der Waals surface area contributed by atoms with Crippen molar-refractivity contribution < 1.29 is 14.7 Å². The topological polar surface area (TPSA) is 78.4 Å². The van der Waals surface area contributed by atoms with Crippen LogP contribution in [0.15, 0.2) is 0 Å². The van der Waals surface area contributed by atoms with Gasteiger partial charge in [0.1, 0.15) is 0 Å². The zero-order chi connectivity index (χ0) is 13.3. The average molecular weight is 244 g/mol. The first-order chi connectivity index (χ1) is 7.97. The molecule has 0 aromatic rings. The smallest absolute Gasteiger partial charge is 0.220 e. The maximum absolute atomic E-state index is 11.4. The largest absolute Gasteiger partial charge is 0.391 e. The van der Waals surface area contributed by atoms with Crippen LogP contribution in [0.2, 0.25) is 0 Å². The molecule has 1 unspecified atom stereocenters. The van der Waals surface area contributed by atoms with Gasteiger partial charge < -0.3 is 15.7 Å². The van der Waals surface area contributed by atoms with Crippen LogP contribution in [0, 0.1) is 5.92 Å². The molecule has 5 heteroatoms. The van der Waals surface area contributed by atoms with Crippen LogP contribution in [0.4, 0.5) is 0 Å². The molecule has 0 aromatic heterocycles. The monoisotopic (exact) mass is 244 g/mol. The Hall–Kier alpha value is -1.10. The van der Waals surface area contributed by atoms with Crippen LogP contribution in [0.1, 0.15) is 40.0 Å². The van der Waals surface area contributed by atoms with Crippen LogP contribution in [0.25, 0.3) is 0 Å². The van der Waals surface area contributed by atoms with Crippen molar-refractivity contribution in [3.05, 3.63) is 0 Å². The molecule has 0 saturated heterocycles. The summed E-state index contributed by atoms with van der Waals surface area (Å²) in [6.45, 7) is 6.54. The third-order valence-electron chi connectivity index (χ3n) is 2.46. The van der Waals surface area contributed by atoms with Gasteiger partial charge >= 0.3 is 0 Å². The van der Waals surface area contributed by atoms with E-state index >= 15 is 0 Å². The quantitative estimate of drug-likeness (QED) is 0.579. The third kappa shape index (κ3) is 8.68. The highest BCUT2D eigenvalue weighted by Crippen LogP contribution is 2.00. The molecule has 0 aliphatic rings. The normalized spacial score (nSPS) is 12.3. The lowest BCUT2D eigenvalue weighted by Gasteiger charge is -2.14. The molecular weight excluding hydrogens is 220 g/mol. The van der Waals surface area contributed by atoms with E-state index in [0.29, 0.717) is 25.8 Å². The maximum atomic E-state index is 11.4. The highest BCUT2D eigenvalue weighted by Gasteiger charge is 2.10. The molecule has 0 saturated carbocycles. The molecule has 0 aromatic carbocycles. The lowest BCUT2D eigenvalue weighted by molar-refractivity contribution is -0.122. The van der Waals surface area contributed by atoms with Gasteiger partial charge in [-0.15, -0.1) is 0 Å². The molecule has 0 fully saturated rings. The molecule has 0 rings (SSSR count). The van der Waals surface area contributed by atoms with Crippen LogP contribution >= 0.6 is 0 Å². The molecule has 17 heavy (non-hydrogen) atoms. The first-order valence-electron chi connectivity index (χ1n) is 6.18. The van der Waals surface area contributed by atoms with Gasteiger partial charge in [-0.2, -0.15) is 0 Å². The van der Waals surface area contributed by atoms with Crippen LogP contribution < -0.4 is 10.6 Å². The number of carbonyl (C=O) groups excluding carboxylic acids is 2. The Morgan fingerprint density at radius 1 is 1.12 bits per heavy atom. The second-order valence-corrected chi connectivity index (χ2v) is 4.42. The van der Waals surface area contributed by atoms with E-state index in [1.165, 1.54) is 0 Å². The summed E-state index contributed by atoms with van der Waals surface area (Å²) < 4.78 is 0. The van der Waals surface area contributed by atoms with Gasteiger partial charge in [-0.1, -0.05) is 13.8 Å². The van der Waals surface area contributed by atoms with E-state index < -0.39 is 6.10 Å². The van der Waals surface area contributed by atoms with Crippen molar-refractivity contribution in [1.82, 2.24) is 10.6 Å². The Morgan fingerprint density at radius 3 is 2.12 bits per heavy atom. The molecular formula is C12H24N2O3. The predicted molar refractivity (Wildman–Crippen MR) is 66.4 cm³/mol. The fraction of sp³-hybridized carbons (Fsp3) is 0.833. The van der Waals surface area contributed by atoms with Crippen LogP contribution in [-0.2, 0) is 9.59 Å². The number of aliphatic hydroxyl groups excluding tert-OH is 1. The molecule has 0 heterocycles. The van der Waals surface area contributed by atoms with E-state index in [-0.39, 0.29) is 24.3 Å². The second-order valence-electron chi connectivity index (χ2n) is 4.42. The van der Waals surface area contributed by atoms with Crippen LogP contribution in [-0.4, -0.2) is 36.1 Å². The molecule has 0 aliphatic heterocycles. The Bertz CT molecular complexity index is 242. The first kappa shape index (κ1) is 15.9. The van der Waals surface area contributed by atoms with Crippen LogP contribution in [0.5, 0.6) is 0 Å². The standard InChI is InChI=1S/C12H24N2O3/c1-4-13-11(16)6-5-7-12(17)14-8-10(15)9(2)3/h9-10,15H,4-8H2,1-3H3,(H,13,16)(H,14,17). The van der Waals surface area contributed by atoms with Gasteiger partial charge in [0.15, 0.2) is 0 Å². The number of hydrogen-bond donors (Lipinski definition) is 3. The minimum absolute atomic E-state index is 0.0254. The van der Waals surface area contributed by atoms with Gasteiger partial charge in [-0.3, -0.25) is 9.59 Å². The summed E-state index contributed by atoms with van der Waals surface area (Å²) in [6.07, 6.45) is 0.716. The van der Waals surface area contributed by atoms with Crippen molar-refractivity contribution in [2.75, 3.05) is 13.1 Å². The van der Waals surface area contributed by atoms with Crippen molar-refractivity contribution in [3.63, 3.8) is 0 Å². The van der Waals surface area contributed by atoms with Crippen molar-refractivity contribution in [1.29, 1.82) is 0 Å². The molecule has 0 aliphatic carbocycles. The van der Waals surface area contributed by atoms with E-state index in [1.807, 2.05) is 20.8 Å². The van der Waals surface area contributed by atoms with E-state index in [2.05, 4.69) is 10.6 Å². The zero-order valence-corrected chi connectivity index (χ0v) is 11.0. The van der Waals surface area contributed by atoms with Gasteiger partial charge in [0, 0.05) is 25.9 Å². The van der Waals surface area contributed by atoms with E-state index in [4.69, 9.17) is 0 Å². The summed E-state index contributed by atoms with van der Waals surface area (Å²) in [6, 6.07) is 0. The Balaban J connectivity index is 3.57. The zero-order valence-electron chi connectivity index (χ0n) is 11.0. The lowest BCUT2D eigenvalue weighted by Crippen LogP contribution is -2.34. The van der Waals surface area contributed by atoms with Crippen molar-refractivity contribution in [3.8, 4) is 0 Å². The van der Waals surface area contributed by atoms with Gasteiger partial charge in [0.05, 0.1) is 6.10 Å². The Morgan fingerprint density at radius 2 is 1.65 bits per heavy atom. The highest BCUT2D eigenvalue weighted by molar-refractivity contribution is 5.78. The number of aliphatic hydroxyl groups is 1. The second kappa shape index (κ2) is 8.98. The van der Waals surface area contributed by atoms with E-state index in [1.54, 1.807) is 0 Å². The van der Waals surface area contributed by atoms with E-state index in [0.717, 1.165) is 0 Å². The molecule has 3 N–H and O–H groups in total. The van der Waals surface area contributed by atoms with Crippen LogP contribution in [0.3, 0.4) is 0 Å². The number of rotatable bonds is 8. The number of nitrogens with one attached hydrogen (secondary N) is 2. The fourth-order valence-corrected chi connectivity index (χ4v) is 1.24. The van der Waals surface area contributed by atoms with E-state index in [9.17, 15) is 14.7 Å². The number of hydrogen-bond acceptors (Lipinski definition) is 3. The lowest BCUT2D eigenvalue weighted by atomic mass is 10.1. The van der Waals surface area contributed by atoms with Gasteiger partial charge in [0.2, 0.25) is 11.8 Å². The number of carbonyl (C=O) groups is 2. The summed E-state index contributed by atoms with van der Waals surface area (Å²) in [5.41, 5.74) is 0. The third-order valence-corrected chi connectivity index (χ3v) is 2.46. The minimum Gasteiger partial charge on any atom is -0.391 e. The Labute approximate surface area is 103 Å². The first-order valence-corrected chi connectivity index (χ1v) is 6.18. The summed E-state index contributed by atoms with van der Waals surface area (Å²) >= 11 is 0.